The first-order valence-corrected chi connectivity index (χ1v) is 8.93. The van der Waals surface area contributed by atoms with E-state index in [4.69, 9.17) is 0 Å². The van der Waals surface area contributed by atoms with Crippen LogP contribution in [0.5, 0.6) is 0 Å². The minimum Gasteiger partial charge on any atom is -0.359 e. The minimum atomic E-state index is -3.50. The van der Waals surface area contributed by atoms with Crippen molar-refractivity contribution in [3.8, 4) is 0 Å². The standard InChI is InChI=1S/C15H19N3O4S/c1-16-15(20)11-7-14(19)18(8-11)12-9-17(10-12)23(21,22)13-5-3-2-4-6-13/h2-6,11-12H,7-10H2,1H3,(H,16,20). The Labute approximate surface area is 135 Å². The Bertz CT molecular complexity index is 713. The second kappa shape index (κ2) is 5.93. The third-order valence-corrected chi connectivity index (χ3v) is 6.27. The van der Waals surface area contributed by atoms with Crippen LogP contribution < -0.4 is 5.32 Å². The van der Waals surface area contributed by atoms with Gasteiger partial charge in [-0.3, -0.25) is 9.59 Å². The highest BCUT2D eigenvalue weighted by Crippen LogP contribution is 2.28. The summed E-state index contributed by atoms with van der Waals surface area (Å²) in [6, 6.07) is 8.11. The van der Waals surface area contributed by atoms with Crippen molar-refractivity contribution in [3.05, 3.63) is 30.3 Å². The van der Waals surface area contributed by atoms with E-state index in [9.17, 15) is 18.0 Å². The Kier molecular flexibility index (Phi) is 4.11. The summed E-state index contributed by atoms with van der Waals surface area (Å²) < 4.78 is 26.2. The maximum Gasteiger partial charge on any atom is 0.243 e. The summed E-state index contributed by atoms with van der Waals surface area (Å²) in [5.74, 6) is -0.568. The van der Waals surface area contributed by atoms with Crippen molar-refractivity contribution in [1.82, 2.24) is 14.5 Å². The van der Waals surface area contributed by atoms with Gasteiger partial charge in [-0.2, -0.15) is 4.31 Å². The third kappa shape index (κ3) is 2.84. The molecule has 0 spiro atoms. The molecule has 2 heterocycles. The molecule has 124 valence electrons. The van der Waals surface area contributed by atoms with E-state index in [0.717, 1.165) is 0 Å². The van der Waals surface area contributed by atoms with Crippen molar-refractivity contribution < 1.29 is 18.0 Å². The second-order valence-electron chi connectivity index (χ2n) is 5.85. The van der Waals surface area contributed by atoms with Crippen molar-refractivity contribution in [2.45, 2.75) is 17.4 Å². The Morgan fingerprint density at radius 3 is 2.43 bits per heavy atom. The highest BCUT2D eigenvalue weighted by atomic mass is 32.2. The van der Waals surface area contributed by atoms with Gasteiger partial charge in [0.05, 0.1) is 16.9 Å². The van der Waals surface area contributed by atoms with Gasteiger partial charge in [0.25, 0.3) is 0 Å². The summed E-state index contributed by atoms with van der Waals surface area (Å²) in [6.45, 7) is 0.926. The van der Waals surface area contributed by atoms with Gasteiger partial charge in [-0.25, -0.2) is 8.42 Å². The van der Waals surface area contributed by atoms with Crippen LogP contribution in [-0.4, -0.2) is 62.2 Å². The highest BCUT2D eigenvalue weighted by molar-refractivity contribution is 7.89. The lowest BCUT2D eigenvalue weighted by Crippen LogP contribution is -2.61. The molecule has 2 fully saturated rings. The van der Waals surface area contributed by atoms with Crippen LogP contribution in [0.25, 0.3) is 0 Å². The van der Waals surface area contributed by atoms with Crippen LogP contribution in [0.1, 0.15) is 6.42 Å². The smallest absolute Gasteiger partial charge is 0.243 e. The predicted octanol–water partition coefficient (Wildman–Crippen LogP) is -0.346. The lowest BCUT2D eigenvalue weighted by molar-refractivity contribution is -0.132. The van der Waals surface area contributed by atoms with Crippen LogP contribution in [0.3, 0.4) is 0 Å². The SMILES string of the molecule is CNC(=O)C1CC(=O)N(C2CN(S(=O)(=O)c3ccccc3)C2)C1. The largest absolute Gasteiger partial charge is 0.359 e. The number of likely N-dealkylation sites (tertiary alicyclic amines) is 1. The minimum absolute atomic E-state index is 0.0830. The van der Waals surface area contributed by atoms with E-state index in [1.54, 1.807) is 42.3 Å². The molecule has 2 aliphatic heterocycles. The second-order valence-corrected chi connectivity index (χ2v) is 7.79. The average molecular weight is 337 g/mol. The first-order chi connectivity index (χ1) is 10.9. The van der Waals surface area contributed by atoms with Crippen molar-refractivity contribution in [2.75, 3.05) is 26.7 Å². The number of benzene rings is 1. The zero-order chi connectivity index (χ0) is 16.6. The van der Waals surface area contributed by atoms with Crippen molar-refractivity contribution in [2.24, 2.45) is 5.92 Å². The number of hydrogen-bond donors (Lipinski definition) is 1. The molecule has 7 nitrogen and oxygen atoms in total. The van der Waals surface area contributed by atoms with E-state index in [-0.39, 0.29) is 48.2 Å². The summed E-state index contributed by atoms with van der Waals surface area (Å²) in [5, 5.41) is 2.55. The zero-order valence-corrected chi connectivity index (χ0v) is 13.6. The number of nitrogens with zero attached hydrogens (tertiary/aromatic N) is 2. The first-order valence-electron chi connectivity index (χ1n) is 7.49. The Morgan fingerprint density at radius 1 is 1.17 bits per heavy atom. The van der Waals surface area contributed by atoms with E-state index in [1.807, 2.05) is 0 Å². The van der Waals surface area contributed by atoms with Gasteiger partial charge in [-0.05, 0) is 12.1 Å². The first kappa shape index (κ1) is 15.9. The summed E-state index contributed by atoms with van der Waals surface area (Å²) >= 11 is 0. The molecule has 0 radical (unpaired) electrons. The van der Waals surface area contributed by atoms with Crippen LogP contribution >= 0.6 is 0 Å². The molecule has 2 saturated heterocycles. The van der Waals surface area contributed by atoms with Crippen molar-refractivity contribution in [1.29, 1.82) is 0 Å². The third-order valence-electron chi connectivity index (χ3n) is 4.43. The van der Waals surface area contributed by atoms with Crippen molar-refractivity contribution in [3.63, 3.8) is 0 Å². The molecule has 1 unspecified atom stereocenters. The van der Waals surface area contributed by atoms with Gasteiger partial charge < -0.3 is 10.2 Å². The van der Waals surface area contributed by atoms with Crippen molar-refractivity contribution >= 4 is 21.8 Å². The van der Waals surface area contributed by atoms with Crippen LogP contribution in [0.2, 0.25) is 0 Å². The Morgan fingerprint density at radius 2 is 1.83 bits per heavy atom. The summed E-state index contributed by atoms with van der Waals surface area (Å²) in [5.41, 5.74) is 0. The van der Waals surface area contributed by atoms with E-state index in [1.165, 1.54) is 4.31 Å². The van der Waals surface area contributed by atoms with Gasteiger partial charge in [-0.1, -0.05) is 18.2 Å². The summed E-state index contributed by atoms with van der Waals surface area (Å²) in [7, 11) is -1.95. The predicted molar refractivity (Wildman–Crippen MR) is 82.9 cm³/mol. The molecule has 0 saturated carbocycles. The summed E-state index contributed by atoms with van der Waals surface area (Å²) in [6.07, 6.45) is 0.196. The van der Waals surface area contributed by atoms with Crippen LogP contribution in [0.15, 0.2) is 35.2 Å². The van der Waals surface area contributed by atoms with E-state index in [2.05, 4.69) is 5.32 Å². The summed E-state index contributed by atoms with van der Waals surface area (Å²) in [4.78, 5) is 25.6. The lowest BCUT2D eigenvalue weighted by Gasteiger charge is -2.42. The Balaban J connectivity index is 1.63. The van der Waals surface area contributed by atoms with Gasteiger partial charge in [0.15, 0.2) is 0 Å². The topological polar surface area (TPSA) is 86.8 Å². The number of amides is 2. The average Bonchev–Trinajstić information content (AvgIpc) is 2.87. The number of carbonyl (C=O) groups excluding carboxylic acids is 2. The van der Waals surface area contributed by atoms with Crippen LogP contribution in [0.4, 0.5) is 0 Å². The maximum atomic E-state index is 12.4. The van der Waals surface area contributed by atoms with Gasteiger partial charge in [0.2, 0.25) is 21.8 Å². The van der Waals surface area contributed by atoms with E-state index < -0.39 is 10.0 Å². The fraction of sp³-hybridized carbons (Fsp3) is 0.467. The van der Waals surface area contributed by atoms with Gasteiger partial charge in [-0.15, -0.1) is 0 Å². The molecule has 1 atom stereocenters. The molecular weight excluding hydrogens is 318 g/mol. The molecule has 23 heavy (non-hydrogen) atoms. The van der Waals surface area contributed by atoms with Crippen LogP contribution in [0, 0.1) is 5.92 Å². The maximum absolute atomic E-state index is 12.4. The molecule has 1 aromatic rings. The lowest BCUT2D eigenvalue weighted by atomic mass is 10.1. The molecule has 2 aliphatic rings. The zero-order valence-electron chi connectivity index (χ0n) is 12.8. The quantitative estimate of drug-likeness (QED) is 0.814. The number of rotatable bonds is 4. The normalized spacial score (nSPS) is 22.9. The molecule has 2 amide bonds. The van der Waals surface area contributed by atoms with Gasteiger partial charge >= 0.3 is 0 Å². The number of sulfonamides is 1. The van der Waals surface area contributed by atoms with Gasteiger partial charge in [0, 0.05) is 33.1 Å². The molecule has 3 rings (SSSR count). The molecule has 8 heteroatoms. The monoisotopic (exact) mass is 337 g/mol. The molecule has 1 aromatic carbocycles. The fourth-order valence-corrected chi connectivity index (χ4v) is 4.55. The number of hydrogen-bond acceptors (Lipinski definition) is 4. The molecule has 1 N–H and O–H groups in total. The molecule has 0 aliphatic carbocycles. The molecular formula is C15H19N3O4S. The highest BCUT2D eigenvalue weighted by Gasteiger charge is 2.45. The fourth-order valence-electron chi connectivity index (χ4n) is 3.02. The van der Waals surface area contributed by atoms with Gasteiger partial charge in [0.1, 0.15) is 0 Å². The molecule has 0 bridgehead atoms. The van der Waals surface area contributed by atoms with Crippen LogP contribution in [-0.2, 0) is 19.6 Å². The van der Waals surface area contributed by atoms with E-state index >= 15 is 0 Å². The van der Waals surface area contributed by atoms with E-state index in [0.29, 0.717) is 6.54 Å². The Hall–Kier alpha value is -1.93. The number of nitrogens with one attached hydrogen (secondary N) is 1. The number of carbonyl (C=O) groups is 2. The molecule has 0 aromatic heterocycles.